The molecular formula is C16H18ClN7S. The minimum atomic E-state index is 0.281. The second-order valence-electron chi connectivity index (χ2n) is 5.98. The summed E-state index contributed by atoms with van der Waals surface area (Å²) < 4.78 is 2.01. The van der Waals surface area contributed by atoms with Gasteiger partial charge >= 0.3 is 0 Å². The first kappa shape index (κ1) is 16.4. The summed E-state index contributed by atoms with van der Waals surface area (Å²) in [7, 11) is 0. The third-order valence-corrected chi connectivity index (χ3v) is 5.87. The van der Waals surface area contributed by atoms with Crippen molar-refractivity contribution in [1.29, 1.82) is 0 Å². The second kappa shape index (κ2) is 6.70. The lowest BCUT2D eigenvalue weighted by atomic mass is 10.1. The zero-order chi connectivity index (χ0) is 17.4. The number of hydrogen-bond acceptors (Lipinski definition) is 7. The number of imidazole rings is 1. The summed E-state index contributed by atoms with van der Waals surface area (Å²) in [5.74, 6) is 1.21. The summed E-state index contributed by atoms with van der Waals surface area (Å²) in [4.78, 5) is 17.2. The number of pyridine rings is 1. The summed E-state index contributed by atoms with van der Waals surface area (Å²) >= 11 is 7.74. The number of nitrogens with two attached hydrogens (primary N) is 2. The molecule has 0 amide bonds. The molecule has 1 aliphatic heterocycles. The Balaban J connectivity index is 1.69. The second-order valence-corrected chi connectivity index (χ2v) is 7.44. The normalized spacial score (nSPS) is 15.8. The first-order valence-electron chi connectivity index (χ1n) is 8.04. The van der Waals surface area contributed by atoms with Gasteiger partial charge in [0.2, 0.25) is 5.95 Å². The summed E-state index contributed by atoms with van der Waals surface area (Å²) in [6.45, 7) is 1.81. The Hall–Kier alpha value is -2.03. The molecule has 3 aromatic rings. The molecule has 1 saturated heterocycles. The summed E-state index contributed by atoms with van der Waals surface area (Å²) in [6.07, 6.45) is 9.14. The minimum Gasteiger partial charge on any atom is -0.382 e. The van der Waals surface area contributed by atoms with Gasteiger partial charge in [-0.15, -0.1) is 0 Å². The fourth-order valence-corrected chi connectivity index (χ4v) is 4.06. The third-order valence-electron chi connectivity index (χ3n) is 4.30. The number of aromatic nitrogens is 4. The Bertz CT molecular complexity index is 905. The molecule has 0 saturated carbocycles. The maximum Gasteiger partial charge on any atom is 0.211 e. The van der Waals surface area contributed by atoms with Crippen LogP contribution in [0.25, 0.3) is 5.65 Å². The number of nitrogens with zero attached hydrogens (tertiary/aromatic N) is 5. The van der Waals surface area contributed by atoms with E-state index in [-0.39, 0.29) is 6.04 Å². The molecule has 0 unspecified atom stereocenters. The van der Waals surface area contributed by atoms with Crippen LogP contribution in [0, 0.1) is 0 Å². The van der Waals surface area contributed by atoms with Crippen LogP contribution in [-0.2, 0) is 0 Å². The van der Waals surface area contributed by atoms with Crippen LogP contribution in [0.5, 0.6) is 0 Å². The van der Waals surface area contributed by atoms with Crippen LogP contribution < -0.4 is 16.4 Å². The van der Waals surface area contributed by atoms with Crippen molar-refractivity contribution < 1.29 is 0 Å². The average Bonchev–Trinajstić information content (AvgIpc) is 3.10. The Labute approximate surface area is 154 Å². The van der Waals surface area contributed by atoms with Crippen LogP contribution in [-0.4, -0.2) is 38.5 Å². The molecule has 25 heavy (non-hydrogen) atoms. The predicted molar refractivity (Wildman–Crippen MR) is 100 cm³/mol. The van der Waals surface area contributed by atoms with Gasteiger partial charge in [-0.1, -0.05) is 23.4 Å². The SMILES string of the molecule is Nc1nccc(Sc2cnc(N3CCC(N)CC3)n3ccnc23)c1Cl. The largest absolute Gasteiger partial charge is 0.382 e. The number of nitrogen functional groups attached to an aromatic ring is 1. The summed E-state index contributed by atoms with van der Waals surface area (Å²) in [5, 5.41) is 0.450. The summed E-state index contributed by atoms with van der Waals surface area (Å²) in [5.41, 5.74) is 12.6. The molecule has 1 aliphatic rings. The number of anilines is 2. The monoisotopic (exact) mass is 375 g/mol. The van der Waals surface area contributed by atoms with Crippen LogP contribution in [0.2, 0.25) is 5.02 Å². The highest BCUT2D eigenvalue weighted by atomic mass is 35.5. The topological polar surface area (TPSA) is 98.4 Å². The Morgan fingerprint density at radius 2 is 1.92 bits per heavy atom. The highest BCUT2D eigenvalue weighted by Gasteiger charge is 2.21. The average molecular weight is 376 g/mol. The molecule has 1 fully saturated rings. The highest BCUT2D eigenvalue weighted by molar-refractivity contribution is 7.99. The zero-order valence-electron chi connectivity index (χ0n) is 13.5. The molecule has 0 atom stereocenters. The van der Waals surface area contributed by atoms with Gasteiger partial charge in [0.25, 0.3) is 0 Å². The van der Waals surface area contributed by atoms with Crippen molar-refractivity contribution in [2.24, 2.45) is 5.73 Å². The predicted octanol–water partition coefficient (Wildman–Crippen LogP) is 2.44. The molecule has 130 valence electrons. The van der Waals surface area contributed by atoms with E-state index in [4.69, 9.17) is 23.1 Å². The van der Waals surface area contributed by atoms with Crippen LogP contribution >= 0.6 is 23.4 Å². The molecular weight excluding hydrogens is 358 g/mol. The van der Waals surface area contributed by atoms with Gasteiger partial charge in [0, 0.05) is 48.8 Å². The quantitative estimate of drug-likeness (QED) is 0.725. The Kier molecular flexibility index (Phi) is 4.41. The zero-order valence-corrected chi connectivity index (χ0v) is 15.0. The standard InChI is InChI=1S/C16H18ClN7S/c17-13-11(1-4-20-14(13)19)25-12-9-22-16(24-8-5-21-15(12)24)23-6-2-10(18)3-7-23/h1,4-5,8-10H,2-3,6-7,18H2,(H2,19,20). The minimum absolute atomic E-state index is 0.281. The first-order valence-corrected chi connectivity index (χ1v) is 9.23. The highest BCUT2D eigenvalue weighted by Crippen LogP contribution is 2.37. The van der Waals surface area contributed by atoms with Gasteiger partial charge in [-0.05, 0) is 18.9 Å². The molecule has 9 heteroatoms. The van der Waals surface area contributed by atoms with E-state index in [1.807, 2.05) is 22.9 Å². The lowest BCUT2D eigenvalue weighted by Gasteiger charge is -2.31. The molecule has 0 aliphatic carbocycles. The molecule has 4 rings (SSSR count). The van der Waals surface area contributed by atoms with E-state index in [1.165, 1.54) is 11.8 Å². The van der Waals surface area contributed by atoms with Crippen molar-refractivity contribution in [1.82, 2.24) is 19.4 Å². The molecule has 3 aromatic heterocycles. The first-order chi connectivity index (χ1) is 12.1. The maximum absolute atomic E-state index is 6.26. The van der Waals surface area contributed by atoms with Crippen LogP contribution in [0.1, 0.15) is 12.8 Å². The van der Waals surface area contributed by atoms with E-state index in [0.29, 0.717) is 10.8 Å². The molecule has 4 heterocycles. The van der Waals surface area contributed by atoms with Gasteiger partial charge < -0.3 is 16.4 Å². The third kappa shape index (κ3) is 3.12. The van der Waals surface area contributed by atoms with Crippen molar-refractivity contribution in [3.05, 3.63) is 35.9 Å². The molecule has 0 spiro atoms. The molecule has 0 aromatic carbocycles. The van der Waals surface area contributed by atoms with E-state index < -0.39 is 0 Å². The van der Waals surface area contributed by atoms with Crippen molar-refractivity contribution in [3.63, 3.8) is 0 Å². The molecule has 4 N–H and O–H groups in total. The van der Waals surface area contributed by atoms with Crippen molar-refractivity contribution >= 4 is 40.8 Å². The van der Waals surface area contributed by atoms with Crippen molar-refractivity contribution in [2.75, 3.05) is 23.7 Å². The summed E-state index contributed by atoms with van der Waals surface area (Å²) in [6, 6.07) is 2.12. The Morgan fingerprint density at radius 3 is 2.72 bits per heavy atom. The Morgan fingerprint density at radius 1 is 1.12 bits per heavy atom. The van der Waals surface area contributed by atoms with Gasteiger partial charge in [-0.3, -0.25) is 4.40 Å². The fourth-order valence-electron chi connectivity index (χ4n) is 2.93. The number of fused-ring (bicyclic) bond motifs is 1. The number of rotatable bonds is 3. The van der Waals surface area contributed by atoms with E-state index in [2.05, 4.69) is 19.9 Å². The van der Waals surface area contributed by atoms with Gasteiger partial charge in [0.05, 0.1) is 9.92 Å². The number of halogens is 1. The van der Waals surface area contributed by atoms with Gasteiger partial charge in [-0.25, -0.2) is 15.0 Å². The van der Waals surface area contributed by atoms with E-state index in [1.54, 1.807) is 12.4 Å². The van der Waals surface area contributed by atoms with Crippen molar-refractivity contribution in [3.8, 4) is 0 Å². The maximum atomic E-state index is 6.26. The van der Waals surface area contributed by atoms with Crippen LogP contribution in [0.4, 0.5) is 11.8 Å². The fraction of sp³-hybridized carbons (Fsp3) is 0.312. The van der Waals surface area contributed by atoms with Gasteiger partial charge in [-0.2, -0.15) is 0 Å². The van der Waals surface area contributed by atoms with Gasteiger partial charge in [0.15, 0.2) is 5.65 Å². The van der Waals surface area contributed by atoms with E-state index in [0.717, 1.165) is 47.3 Å². The van der Waals surface area contributed by atoms with Gasteiger partial charge in [0.1, 0.15) is 5.82 Å². The lowest BCUT2D eigenvalue weighted by molar-refractivity contribution is 0.494. The molecule has 0 bridgehead atoms. The number of hydrogen-bond donors (Lipinski definition) is 2. The van der Waals surface area contributed by atoms with Crippen LogP contribution in [0.3, 0.4) is 0 Å². The lowest BCUT2D eigenvalue weighted by Crippen LogP contribution is -2.40. The van der Waals surface area contributed by atoms with E-state index in [9.17, 15) is 0 Å². The smallest absolute Gasteiger partial charge is 0.211 e. The number of piperidine rings is 1. The van der Waals surface area contributed by atoms with Crippen molar-refractivity contribution in [2.45, 2.75) is 28.7 Å². The van der Waals surface area contributed by atoms with Crippen LogP contribution in [0.15, 0.2) is 40.6 Å². The molecule has 7 nitrogen and oxygen atoms in total. The molecule has 0 radical (unpaired) electrons. The van der Waals surface area contributed by atoms with E-state index >= 15 is 0 Å².